The van der Waals surface area contributed by atoms with Crippen molar-refractivity contribution in [2.45, 2.75) is 6.18 Å². The summed E-state index contributed by atoms with van der Waals surface area (Å²) in [6, 6.07) is 9.19. The number of pyridine rings is 2. The van der Waals surface area contributed by atoms with Gasteiger partial charge < -0.3 is 14.9 Å². The number of anilines is 5. The van der Waals surface area contributed by atoms with Crippen LogP contribution in [0.4, 0.5) is 46.3 Å². The van der Waals surface area contributed by atoms with Gasteiger partial charge in [-0.15, -0.1) is 0 Å². The summed E-state index contributed by atoms with van der Waals surface area (Å²) < 4.78 is 55.9. The Hall–Kier alpha value is -3.58. The molecule has 34 heavy (non-hydrogen) atoms. The third-order valence-electron chi connectivity index (χ3n) is 4.51. The first-order chi connectivity index (χ1) is 16.1. The molecule has 0 aliphatic heterocycles. The molecule has 0 atom stereocenters. The summed E-state index contributed by atoms with van der Waals surface area (Å²) in [5, 5.41) is 5.69. The third kappa shape index (κ3) is 5.85. The minimum Gasteiger partial charge on any atom is -0.353 e. The predicted octanol–water partition coefficient (Wildman–Crippen LogP) is 5.13. The van der Waals surface area contributed by atoms with E-state index < -0.39 is 23.6 Å². The summed E-state index contributed by atoms with van der Waals surface area (Å²) in [5.41, 5.74) is 1.39. The molecule has 2 heterocycles. The van der Waals surface area contributed by atoms with E-state index in [4.69, 9.17) is 0 Å². The van der Waals surface area contributed by atoms with Gasteiger partial charge >= 0.3 is 6.18 Å². The molecule has 0 saturated carbocycles. The molecule has 0 saturated heterocycles. The summed E-state index contributed by atoms with van der Waals surface area (Å²) in [5.74, 6) is -1.08. The maximum atomic E-state index is 13.7. The number of halogens is 4. The van der Waals surface area contributed by atoms with Crippen LogP contribution in [0.3, 0.4) is 0 Å². The van der Waals surface area contributed by atoms with Crippen molar-refractivity contribution in [2.75, 3.05) is 35.4 Å². The zero-order valence-electron chi connectivity index (χ0n) is 18.2. The third-order valence-corrected chi connectivity index (χ3v) is 5.24. The minimum atomic E-state index is -4.61. The van der Waals surface area contributed by atoms with Gasteiger partial charge in [-0.25, -0.2) is 15.4 Å². The van der Waals surface area contributed by atoms with Crippen molar-refractivity contribution in [1.29, 1.82) is 0 Å². The van der Waals surface area contributed by atoms with Gasteiger partial charge in [0.05, 0.1) is 35.3 Å². The number of hydrogen-bond acceptors (Lipinski definition) is 8. The quantitative estimate of drug-likeness (QED) is 0.171. The van der Waals surface area contributed by atoms with Crippen LogP contribution in [0.25, 0.3) is 0 Å². The highest BCUT2D eigenvalue weighted by atomic mass is 32.2. The molecule has 3 N–H and O–H groups in total. The number of para-hydroxylation sites is 1. The lowest BCUT2D eigenvalue weighted by Crippen LogP contribution is -2.23. The van der Waals surface area contributed by atoms with E-state index >= 15 is 0 Å². The lowest BCUT2D eigenvalue weighted by Gasteiger charge is -2.25. The van der Waals surface area contributed by atoms with Crippen LogP contribution in [0, 0.1) is 5.95 Å². The van der Waals surface area contributed by atoms with Crippen molar-refractivity contribution in [3.8, 4) is 0 Å². The van der Waals surface area contributed by atoms with Gasteiger partial charge in [0, 0.05) is 25.6 Å². The molecule has 2 aromatic heterocycles. The molecule has 3 aromatic rings. The first-order valence-electron chi connectivity index (χ1n) is 9.62. The molecule has 1 amide bonds. The molecule has 0 radical (unpaired) electrons. The van der Waals surface area contributed by atoms with Crippen molar-refractivity contribution < 1.29 is 27.2 Å². The summed E-state index contributed by atoms with van der Waals surface area (Å²) in [4.78, 5) is 24.9. The topological polar surface area (TPSA) is 91.4 Å². The summed E-state index contributed by atoms with van der Waals surface area (Å²) in [6.07, 6.45) is -1.78. The van der Waals surface area contributed by atoms with Gasteiger partial charge in [0.2, 0.25) is 5.95 Å². The van der Waals surface area contributed by atoms with Crippen molar-refractivity contribution in [3.63, 3.8) is 0 Å². The van der Waals surface area contributed by atoms with Crippen LogP contribution in [-0.4, -0.2) is 36.3 Å². The fourth-order valence-corrected chi connectivity index (χ4v) is 3.39. The second-order valence-corrected chi connectivity index (χ2v) is 7.64. The average molecular weight is 496 g/mol. The number of nitrogens with one attached hydrogen (secondary N) is 3. The van der Waals surface area contributed by atoms with E-state index in [1.807, 2.05) is 0 Å². The van der Waals surface area contributed by atoms with Crippen molar-refractivity contribution in [2.24, 2.45) is 0 Å². The van der Waals surface area contributed by atoms with Crippen LogP contribution in [-0.2, 0) is 11.0 Å². The van der Waals surface area contributed by atoms with Crippen LogP contribution in [0.5, 0.6) is 0 Å². The molecular weight excluding hydrogens is 476 g/mol. The van der Waals surface area contributed by atoms with Crippen molar-refractivity contribution in [3.05, 3.63) is 65.7 Å². The number of carbonyl (C=O) groups is 1. The summed E-state index contributed by atoms with van der Waals surface area (Å²) >= 11 is 1.08. The normalized spacial score (nSPS) is 11.1. The Kier molecular flexibility index (Phi) is 7.79. The van der Waals surface area contributed by atoms with Crippen LogP contribution in [0.2, 0.25) is 0 Å². The number of amides is 1. The Morgan fingerprint density at radius 1 is 1.09 bits per heavy atom. The summed E-state index contributed by atoms with van der Waals surface area (Å²) in [6.45, 7) is 0. The minimum absolute atomic E-state index is 0.00484. The first kappa shape index (κ1) is 25.1. The van der Waals surface area contributed by atoms with E-state index in [1.165, 1.54) is 61.1 Å². The van der Waals surface area contributed by atoms with Crippen LogP contribution in [0.15, 0.2) is 48.7 Å². The number of hydroxylamine groups is 1. The second kappa shape index (κ2) is 10.6. The molecule has 0 fully saturated rings. The van der Waals surface area contributed by atoms with Crippen LogP contribution >= 0.6 is 11.9 Å². The molecule has 0 aliphatic carbocycles. The maximum absolute atomic E-state index is 13.7. The van der Waals surface area contributed by atoms with E-state index in [1.54, 1.807) is 6.26 Å². The smallest absolute Gasteiger partial charge is 0.353 e. The molecule has 0 unspecified atom stereocenters. The monoisotopic (exact) mass is 496 g/mol. The molecule has 180 valence electrons. The maximum Gasteiger partial charge on any atom is 0.418 e. The van der Waals surface area contributed by atoms with Gasteiger partial charge in [-0.3, -0.25) is 9.63 Å². The van der Waals surface area contributed by atoms with Gasteiger partial charge in [-0.1, -0.05) is 24.1 Å². The number of aromatic nitrogens is 2. The zero-order chi connectivity index (χ0) is 24.9. The van der Waals surface area contributed by atoms with Crippen molar-refractivity contribution in [1.82, 2.24) is 15.4 Å². The highest BCUT2D eigenvalue weighted by molar-refractivity contribution is 7.99. The molecule has 0 aliphatic rings. The van der Waals surface area contributed by atoms with Crippen LogP contribution < -0.4 is 20.4 Å². The van der Waals surface area contributed by atoms with Crippen molar-refractivity contribution >= 4 is 46.6 Å². The molecule has 1 aromatic carbocycles. The number of nitrogens with zero attached hydrogens (tertiary/aromatic N) is 3. The number of rotatable bonds is 8. The molecule has 0 spiro atoms. The number of benzene rings is 1. The van der Waals surface area contributed by atoms with E-state index in [9.17, 15) is 22.4 Å². The number of hydrogen-bond donors (Lipinski definition) is 3. The lowest BCUT2D eigenvalue weighted by atomic mass is 10.1. The van der Waals surface area contributed by atoms with E-state index in [0.29, 0.717) is 0 Å². The summed E-state index contributed by atoms with van der Waals surface area (Å²) in [7, 11) is 2.73. The Balaban J connectivity index is 2.09. The Morgan fingerprint density at radius 3 is 2.47 bits per heavy atom. The average Bonchev–Trinajstić information content (AvgIpc) is 2.78. The SMILES string of the molecule is CONC(=O)c1cnc(Nc2cccc(F)n2)cc1Nc1cccc(C(F)(F)F)c1N(C)SC. The van der Waals surface area contributed by atoms with Gasteiger partial charge in [-0.2, -0.15) is 17.6 Å². The molecule has 0 bridgehead atoms. The molecule has 3 rings (SSSR count). The largest absolute Gasteiger partial charge is 0.418 e. The Bertz CT molecular complexity index is 1180. The van der Waals surface area contributed by atoms with Gasteiger partial charge in [-0.05, 0) is 24.3 Å². The van der Waals surface area contributed by atoms with E-state index in [0.717, 1.165) is 18.0 Å². The van der Waals surface area contributed by atoms with Crippen LogP contribution in [0.1, 0.15) is 15.9 Å². The molecule has 13 heteroatoms. The fraction of sp³-hybridized carbons (Fsp3) is 0.190. The fourth-order valence-electron chi connectivity index (χ4n) is 3.01. The zero-order valence-corrected chi connectivity index (χ0v) is 19.0. The number of alkyl halides is 3. The van der Waals surface area contributed by atoms with E-state index in [2.05, 4.69) is 30.9 Å². The van der Waals surface area contributed by atoms with E-state index in [-0.39, 0.29) is 34.3 Å². The van der Waals surface area contributed by atoms with Gasteiger partial charge in [0.1, 0.15) is 11.6 Å². The van der Waals surface area contributed by atoms with Gasteiger partial charge in [0.15, 0.2) is 0 Å². The highest BCUT2D eigenvalue weighted by Crippen LogP contribution is 2.43. The lowest BCUT2D eigenvalue weighted by molar-refractivity contribution is -0.137. The molecule has 8 nitrogen and oxygen atoms in total. The Labute approximate surface area is 196 Å². The first-order valence-corrected chi connectivity index (χ1v) is 10.8. The molecular formula is C21H20F4N6O2S. The second-order valence-electron chi connectivity index (χ2n) is 6.73. The number of carbonyl (C=O) groups excluding carboxylic acids is 1. The van der Waals surface area contributed by atoms with Gasteiger partial charge in [0.25, 0.3) is 5.91 Å². The highest BCUT2D eigenvalue weighted by Gasteiger charge is 2.35. The Morgan fingerprint density at radius 2 is 1.82 bits per heavy atom. The predicted molar refractivity (Wildman–Crippen MR) is 123 cm³/mol. The standard InChI is InChI=1S/C21H20F4N6O2S/c1-31(34-3)19-13(21(23,24)25)6-4-7-14(19)27-15-10-18(26-11-12(15)20(32)30-33-2)29-17-9-5-8-16(22)28-17/h4-11H,1-3H3,(H,30,32)(H2,26,27,28,29).